The lowest BCUT2D eigenvalue weighted by atomic mass is 9.87. The zero-order valence-electron chi connectivity index (χ0n) is 24.8. The molecule has 1 aliphatic carbocycles. The molecule has 8 nitrogen and oxygen atoms in total. The maximum atomic E-state index is 12.9. The van der Waals surface area contributed by atoms with Crippen molar-refractivity contribution in [2.75, 3.05) is 52.4 Å². The van der Waals surface area contributed by atoms with E-state index in [4.69, 9.17) is 14.2 Å². The standard InChI is InChI=1S/C30H46N4O4S/c1-8-34(23-11-9-22(10-12-23)33-17-24(18-33)36-5)29-21(4)27(30(35)38-7)26(39-29)13-14-31-16-25-19(2)15-20(3)32-28(25)37-6/h15,22-24,31H,8-14,16-18H2,1-7H3. The third-order valence-corrected chi connectivity index (χ3v) is 9.87. The Hall–Kier alpha value is -2.20. The number of nitrogens with zero attached hydrogens (tertiary/aromatic N) is 3. The van der Waals surface area contributed by atoms with Crippen LogP contribution in [0.4, 0.5) is 5.00 Å². The molecule has 2 aliphatic rings. The third-order valence-electron chi connectivity index (χ3n) is 8.48. The van der Waals surface area contributed by atoms with Crippen molar-refractivity contribution in [1.29, 1.82) is 0 Å². The number of nitrogens with one attached hydrogen (secondary N) is 1. The van der Waals surface area contributed by atoms with Crippen LogP contribution >= 0.6 is 11.3 Å². The molecule has 1 aliphatic heterocycles. The summed E-state index contributed by atoms with van der Waals surface area (Å²) >= 11 is 1.76. The Morgan fingerprint density at radius 2 is 1.87 bits per heavy atom. The molecule has 2 fully saturated rings. The molecule has 1 saturated carbocycles. The van der Waals surface area contributed by atoms with Crippen LogP contribution in [0.3, 0.4) is 0 Å². The zero-order valence-corrected chi connectivity index (χ0v) is 25.6. The Bertz CT molecular complexity index is 1120. The Balaban J connectivity index is 1.42. The van der Waals surface area contributed by atoms with Gasteiger partial charge in [-0.1, -0.05) is 0 Å². The highest BCUT2D eigenvalue weighted by atomic mass is 32.1. The first-order valence-corrected chi connectivity index (χ1v) is 15.1. The molecule has 1 saturated heterocycles. The maximum Gasteiger partial charge on any atom is 0.339 e. The lowest BCUT2D eigenvalue weighted by Gasteiger charge is -2.47. The van der Waals surface area contributed by atoms with Gasteiger partial charge in [0.1, 0.15) is 0 Å². The number of carbonyl (C=O) groups is 1. The van der Waals surface area contributed by atoms with Gasteiger partial charge in [-0.3, -0.25) is 4.90 Å². The van der Waals surface area contributed by atoms with E-state index in [1.165, 1.54) is 37.8 Å². The lowest BCUT2D eigenvalue weighted by Crippen LogP contribution is -2.57. The first-order valence-electron chi connectivity index (χ1n) is 14.3. The molecule has 0 amide bonds. The predicted molar refractivity (Wildman–Crippen MR) is 158 cm³/mol. The van der Waals surface area contributed by atoms with Crippen molar-refractivity contribution in [3.63, 3.8) is 0 Å². The van der Waals surface area contributed by atoms with Gasteiger partial charge in [0.25, 0.3) is 0 Å². The Morgan fingerprint density at radius 1 is 1.15 bits per heavy atom. The molecule has 1 N–H and O–H groups in total. The van der Waals surface area contributed by atoms with Crippen molar-refractivity contribution in [1.82, 2.24) is 15.2 Å². The number of carbonyl (C=O) groups excluding carboxylic acids is 1. The Labute approximate surface area is 238 Å². The molecule has 3 heterocycles. The highest BCUT2D eigenvalue weighted by Gasteiger charge is 2.36. The van der Waals surface area contributed by atoms with E-state index in [0.29, 0.717) is 30.6 Å². The third kappa shape index (κ3) is 6.59. The minimum atomic E-state index is -0.240. The molecule has 0 atom stereocenters. The van der Waals surface area contributed by atoms with Gasteiger partial charge in [-0.25, -0.2) is 9.78 Å². The summed E-state index contributed by atoms with van der Waals surface area (Å²) in [6.07, 6.45) is 5.98. The first-order chi connectivity index (χ1) is 18.8. The van der Waals surface area contributed by atoms with E-state index in [1.54, 1.807) is 18.4 Å². The van der Waals surface area contributed by atoms with Crippen LogP contribution in [0.5, 0.6) is 5.88 Å². The SMILES string of the molecule is CCN(c1sc(CCNCc2c(C)cc(C)nc2OC)c(C(=O)OC)c1C)C1CCC(N2CC(OC)C2)CC1. The molecule has 0 aromatic carbocycles. The fourth-order valence-corrected chi connectivity index (χ4v) is 7.65. The largest absolute Gasteiger partial charge is 0.481 e. The molecule has 2 aromatic rings. The highest BCUT2D eigenvalue weighted by Crippen LogP contribution is 2.40. The van der Waals surface area contributed by atoms with Crippen LogP contribution in [-0.4, -0.2) is 81.5 Å². The number of hydrogen-bond donors (Lipinski definition) is 1. The average molecular weight is 559 g/mol. The summed E-state index contributed by atoms with van der Waals surface area (Å²) in [6.45, 7) is 12.9. The lowest BCUT2D eigenvalue weighted by molar-refractivity contribution is -0.0578. The van der Waals surface area contributed by atoms with Crippen molar-refractivity contribution in [2.24, 2.45) is 0 Å². The van der Waals surface area contributed by atoms with Crippen LogP contribution in [0.25, 0.3) is 0 Å². The summed E-state index contributed by atoms with van der Waals surface area (Å²) < 4.78 is 16.2. The molecular formula is C30H46N4O4S. The summed E-state index contributed by atoms with van der Waals surface area (Å²) in [5.74, 6) is 0.431. The van der Waals surface area contributed by atoms with Gasteiger partial charge in [-0.05, 0) is 77.0 Å². The number of esters is 1. The maximum absolute atomic E-state index is 12.9. The summed E-state index contributed by atoms with van der Waals surface area (Å²) in [5, 5.41) is 4.77. The molecule has 216 valence electrons. The molecule has 0 unspecified atom stereocenters. The number of rotatable bonds is 12. The van der Waals surface area contributed by atoms with E-state index in [0.717, 1.165) is 65.4 Å². The van der Waals surface area contributed by atoms with Crippen LogP contribution < -0.4 is 15.0 Å². The van der Waals surface area contributed by atoms with Gasteiger partial charge in [0.15, 0.2) is 0 Å². The van der Waals surface area contributed by atoms with Gasteiger partial charge < -0.3 is 24.4 Å². The fourth-order valence-electron chi connectivity index (χ4n) is 6.23. The number of aryl methyl sites for hydroxylation is 2. The van der Waals surface area contributed by atoms with Gasteiger partial charge in [-0.15, -0.1) is 11.3 Å². The van der Waals surface area contributed by atoms with Gasteiger partial charge >= 0.3 is 5.97 Å². The van der Waals surface area contributed by atoms with Gasteiger partial charge in [0.05, 0.1) is 30.9 Å². The van der Waals surface area contributed by atoms with Gasteiger partial charge in [0, 0.05) is 68.1 Å². The number of anilines is 1. The Morgan fingerprint density at radius 3 is 2.49 bits per heavy atom. The summed E-state index contributed by atoms with van der Waals surface area (Å²) in [5.41, 5.74) is 4.98. The second-order valence-electron chi connectivity index (χ2n) is 10.9. The smallest absolute Gasteiger partial charge is 0.339 e. The number of aromatic nitrogens is 1. The zero-order chi connectivity index (χ0) is 28.1. The molecule has 4 rings (SSSR count). The van der Waals surface area contributed by atoms with Gasteiger partial charge in [-0.2, -0.15) is 0 Å². The summed E-state index contributed by atoms with van der Waals surface area (Å²) in [7, 11) is 4.95. The normalized spacial score (nSPS) is 20.1. The van der Waals surface area contributed by atoms with Crippen LogP contribution in [0.1, 0.15) is 70.2 Å². The van der Waals surface area contributed by atoms with E-state index in [-0.39, 0.29) is 5.97 Å². The monoisotopic (exact) mass is 558 g/mol. The van der Waals surface area contributed by atoms with E-state index < -0.39 is 0 Å². The van der Waals surface area contributed by atoms with Gasteiger partial charge in [0.2, 0.25) is 5.88 Å². The van der Waals surface area contributed by atoms with Crippen molar-refractivity contribution in [3.05, 3.63) is 38.9 Å². The van der Waals surface area contributed by atoms with E-state index in [1.807, 2.05) is 14.0 Å². The number of methoxy groups -OCH3 is 3. The minimum absolute atomic E-state index is 0.240. The molecular weight excluding hydrogens is 512 g/mol. The second kappa shape index (κ2) is 13.4. The molecule has 39 heavy (non-hydrogen) atoms. The number of hydrogen-bond acceptors (Lipinski definition) is 9. The summed E-state index contributed by atoms with van der Waals surface area (Å²) in [4.78, 5) is 23.6. The number of ether oxygens (including phenoxy) is 3. The number of thiophene rings is 1. The number of likely N-dealkylation sites (tertiary alicyclic amines) is 1. The van der Waals surface area contributed by atoms with Crippen molar-refractivity contribution < 1.29 is 19.0 Å². The van der Waals surface area contributed by atoms with Crippen LogP contribution in [0.15, 0.2) is 6.07 Å². The molecule has 9 heteroatoms. The predicted octanol–water partition coefficient (Wildman–Crippen LogP) is 4.66. The average Bonchev–Trinajstić information content (AvgIpc) is 3.22. The number of pyridine rings is 1. The molecule has 2 aromatic heterocycles. The van der Waals surface area contributed by atoms with Crippen molar-refractivity contribution in [3.8, 4) is 5.88 Å². The first kappa shape index (κ1) is 29.8. The molecule has 0 radical (unpaired) electrons. The quantitative estimate of drug-likeness (QED) is 0.298. The fraction of sp³-hybridized carbons (Fsp3) is 0.667. The van der Waals surface area contributed by atoms with Crippen LogP contribution in [-0.2, 0) is 22.4 Å². The van der Waals surface area contributed by atoms with Crippen molar-refractivity contribution >= 4 is 22.3 Å². The van der Waals surface area contributed by atoms with Crippen LogP contribution in [0, 0.1) is 20.8 Å². The Kier molecular flexibility index (Phi) is 10.3. The molecule has 0 spiro atoms. The minimum Gasteiger partial charge on any atom is -0.481 e. The van der Waals surface area contributed by atoms with E-state index >= 15 is 0 Å². The summed E-state index contributed by atoms with van der Waals surface area (Å²) in [6, 6.07) is 3.26. The second-order valence-corrected chi connectivity index (χ2v) is 12.0. The topological polar surface area (TPSA) is 76.2 Å². The highest BCUT2D eigenvalue weighted by molar-refractivity contribution is 7.16. The van der Waals surface area contributed by atoms with E-state index in [2.05, 4.69) is 46.9 Å². The molecule has 0 bridgehead atoms. The van der Waals surface area contributed by atoms with Crippen LogP contribution in [0.2, 0.25) is 0 Å². The van der Waals surface area contributed by atoms with Crippen molar-refractivity contribution in [2.45, 2.75) is 84.5 Å². The van der Waals surface area contributed by atoms with E-state index in [9.17, 15) is 4.79 Å².